The van der Waals surface area contributed by atoms with E-state index in [0.29, 0.717) is 34.7 Å². The van der Waals surface area contributed by atoms with Gasteiger partial charge in [-0.2, -0.15) is 4.31 Å². The Kier molecular flexibility index (Phi) is 7.40. The van der Waals surface area contributed by atoms with Crippen molar-refractivity contribution in [2.24, 2.45) is 0 Å². The van der Waals surface area contributed by atoms with Crippen molar-refractivity contribution < 1.29 is 18.6 Å². The van der Waals surface area contributed by atoms with Crippen LogP contribution in [0, 0.1) is 0 Å². The maximum absolute atomic E-state index is 13.7. The molecule has 2 unspecified atom stereocenters. The minimum absolute atomic E-state index is 0.0710. The lowest BCUT2D eigenvalue weighted by atomic mass is 10.0. The van der Waals surface area contributed by atoms with E-state index in [1.807, 2.05) is 17.0 Å². The van der Waals surface area contributed by atoms with Gasteiger partial charge in [-0.1, -0.05) is 11.6 Å². The van der Waals surface area contributed by atoms with Gasteiger partial charge in [0.05, 0.1) is 0 Å². The summed E-state index contributed by atoms with van der Waals surface area (Å²) in [5, 5.41) is 20.9. The highest BCUT2D eigenvalue weighted by atomic mass is 35.5. The van der Waals surface area contributed by atoms with Gasteiger partial charge in [-0.05, 0) is 54.8 Å². The third-order valence-electron chi connectivity index (χ3n) is 6.60. The van der Waals surface area contributed by atoms with Crippen molar-refractivity contribution in [1.82, 2.24) is 24.2 Å². The fourth-order valence-corrected chi connectivity index (χ4v) is 6.51. The number of sulfonamides is 1. The second kappa shape index (κ2) is 10.7. The first kappa shape index (κ1) is 25.6. The number of halogens is 1. The molecule has 3 N–H and O–H groups in total. The third kappa shape index (κ3) is 5.18. The van der Waals surface area contributed by atoms with E-state index in [2.05, 4.69) is 19.9 Å². The summed E-state index contributed by atoms with van der Waals surface area (Å²) in [6, 6.07) is 9.67. The summed E-state index contributed by atoms with van der Waals surface area (Å²) in [7, 11) is -3.89. The van der Waals surface area contributed by atoms with Gasteiger partial charge in [0.25, 0.3) is 10.0 Å². The number of pyridine rings is 1. The number of aliphatic hydroxyl groups excluding tert-OH is 2. The summed E-state index contributed by atoms with van der Waals surface area (Å²) in [6.07, 6.45) is 7.43. The molecule has 1 saturated heterocycles. The number of fused-ring (bicyclic) bond motifs is 1. The Hall–Kier alpha value is -3.09. The third-order valence-corrected chi connectivity index (χ3v) is 8.59. The average molecular weight is 543 g/mol. The van der Waals surface area contributed by atoms with Crippen molar-refractivity contribution in [3.05, 3.63) is 66.2 Å². The van der Waals surface area contributed by atoms with Crippen LogP contribution < -0.4 is 4.90 Å². The van der Waals surface area contributed by atoms with Crippen LogP contribution in [0.3, 0.4) is 0 Å². The highest BCUT2D eigenvalue weighted by Crippen LogP contribution is 2.31. The molecule has 10 nitrogen and oxygen atoms in total. The number of H-pyrrole nitrogens is 1. The van der Waals surface area contributed by atoms with Gasteiger partial charge in [-0.25, -0.2) is 18.4 Å². The van der Waals surface area contributed by atoms with Crippen molar-refractivity contribution in [1.29, 1.82) is 0 Å². The van der Waals surface area contributed by atoms with Crippen molar-refractivity contribution >= 4 is 38.5 Å². The molecule has 4 aromatic rings. The number of hydrogen-bond acceptors (Lipinski definition) is 8. The van der Waals surface area contributed by atoms with E-state index < -0.39 is 22.1 Å². The minimum atomic E-state index is -3.89. The highest BCUT2D eigenvalue weighted by molar-refractivity contribution is 7.89. The number of aromatic amines is 1. The number of benzene rings is 1. The second-order valence-electron chi connectivity index (χ2n) is 8.93. The van der Waals surface area contributed by atoms with Gasteiger partial charge in [0.1, 0.15) is 5.03 Å². The van der Waals surface area contributed by atoms with Crippen LogP contribution in [0.1, 0.15) is 12.8 Å². The molecular weight excluding hydrogens is 516 g/mol. The maximum Gasteiger partial charge on any atom is 0.258 e. The Morgan fingerprint density at radius 2 is 1.59 bits per heavy atom. The Labute approximate surface area is 219 Å². The van der Waals surface area contributed by atoms with Crippen molar-refractivity contribution in [3.63, 3.8) is 0 Å². The van der Waals surface area contributed by atoms with E-state index in [4.69, 9.17) is 11.6 Å². The SMILES string of the molecule is O=S(=O)(c1cc2cc(Cl)ccc2[nH]1)N1CC(CCO)N(c2ncc(-c3ccncc3)cn2)C(CCO)C1. The number of nitrogens with zero attached hydrogens (tertiary/aromatic N) is 5. The minimum Gasteiger partial charge on any atom is -0.396 e. The molecule has 5 rings (SSSR count). The van der Waals surface area contributed by atoms with Gasteiger partial charge >= 0.3 is 0 Å². The zero-order valence-corrected chi connectivity index (χ0v) is 21.5. The smallest absolute Gasteiger partial charge is 0.258 e. The van der Waals surface area contributed by atoms with Crippen LogP contribution in [0.5, 0.6) is 0 Å². The molecular formula is C25H27ClN6O4S. The zero-order chi connectivity index (χ0) is 26.0. The van der Waals surface area contributed by atoms with Crippen LogP contribution >= 0.6 is 11.6 Å². The van der Waals surface area contributed by atoms with E-state index in [9.17, 15) is 18.6 Å². The molecule has 0 amide bonds. The molecule has 1 aromatic carbocycles. The molecule has 194 valence electrons. The van der Waals surface area contributed by atoms with Crippen LogP contribution in [0.4, 0.5) is 5.95 Å². The van der Waals surface area contributed by atoms with Gasteiger partial charge in [0.15, 0.2) is 0 Å². The summed E-state index contributed by atoms with van der Waals surface area (Å²) >= 11 is 6.08. The van der Waals surface area contributed by atoms with Crippen LogP contribution in [0.2, 0.25) is 5.02 Å². The van der Waals surface area contributed by atoms with Gasteiger partial charge < -0.3 is 20.1 Å². The molecule has 0 saturated carbocycles. The first-order valence-corrected chi connectivity index (χ1v) is 13.7. The fraction of sp³-hybridized carbons (Fsp3) is 0.320. The van der Waals surface area contributed by atoms with Crippen LogP contribution in [-0.4, -0.2) is 81.3 Å². The Bertz CT molecular complexity index is 1450. The molecule has 1 fully saturated rings. The largest absolute Gasteiger partial charge is 0.396 e. The number of anilines is 1. The predicted molar refractivity (Wildman–Crippen MR) is 141 cm³/mol. The fourth-order valence-electron chi connectivity index (χ4n) is 4.80. The van der Waals surface area contributed by atoms with E-state index in [-0.39, 0.29) is 31.3 Å². The Morgan fingerprint density at radius 3 is 2.22 bits per heavy atom. The Morgan fingerprint density at radius 1 is 0.946 bits per heavy atom. The molecule has 1 aliphatic heterocycles. The molecule has 4 heterocycles. The summed E-state index contributed by atoms with van der Waals surface area (Å²) < 4.78 is 28.7. The van der Waals surface area contributed by atoms with Crippen LogP contribution in [0.15, 0.2) is 66.2 Å². The maximum atomic E-state index is 13.7. The quantitative estimate of drug-likeness (QED) is 0.309. The summed E-state index contributed by atoms with van der Waals surface area (Å²) in [5.74, 6) is 0.423. The van der Waals surface area contributed by atoms with Crippen molar-refractivity contribution in [3.8, 4) is 11.1 Å². The van der Waals surface area contributed by atoms with E-state index in [1.165, 1.54) is 4.31 Å². The Balaban J connectivity index is 1.46. The van der Waals surface area contributed by atoms with E-state index >= 15 is 0 Å². The van der Waals surface area contributed by atoms with Crippen molar-refractivity contribution in [2.75, 3.05) is 31.2 Å². The molecule has 2 atom stereocenters. The average Bonchev–Trinajstić information content (AvgIpc) is 3.34. The first-order chi connectivity index (χ1) is 17.9. The summed E-state index contributed by atoms with van der Waals surface area (Å²) in [5.41, 5.74) is 2.42. The number of aliphatic hydroxyl groups is 2. The predicted octanol–water partition coefficient (Wildman–Crippen LogP) is 2.69. The van der Waals surface area contributed by atoms with E-state index in [0.717, 1.165) is 11.1 Å². The van der Waals surface area contributed by atoms with Gasteiger partial charge in [0.2, 0.25) is 5.95 Å². The molecule has 0 radical (unpaired) electrons. The molecule has 0 bridgehead atoms. The number of hydrogen-bond donors (Lipinski definition) is 3. The van der Waals surface area contributed by atoms with Gasteiger partial charge in [0, 0.05) is 84.7 Å². The van der Waals surface area contributed by atoms with Gasteiger partial charge in [-0.15, -0.1) is 0 Å². The number of piperazine rings is 1. The zero-order valence-electron chi connectivity index (χ0n) is 19.9. The number of rotatable bonds is 8. The van der Waals surface area contributed by atoms with E-state index in [1.54, 1.807) is 49.1 Å². The lowest BCUT2D eigenvalue weighted by Crippen LogP contribution is -2.61. The second-order valence-corrected chi connectivity index (χ2v) is 11.3. The number of nitrogens with one attached hydrogen (secondary N) is 1. The molecule has 3 aromatic heterocycles. The topological polar surface area (TPSA) is 136 Å². The van der Waals surface area contributed by atoms with Gasteiger partial charge in [-0.3, -0.25) is 4.98 Å². The van der Waals surface area contributed by atoms with Crippen LogP contribution in [-0.2, 0) is 10.0 Å². The monoisotopic (exact) mass is 542 g/mol. The first-order valence-electron chi connectivity index (χ1n) is 11.9. The molecule has 0 spiro atoms. The molecule has 37 heavy (non-hydrogen) atoms. The molecule has 1 aliphatic rings. The number of aromatic nitrogens is 4. The van der Waals surface area contributed by atoms with Crippen molar-refractivity contribution in [2.45, 2.75) is 30.0 Å². The van der Waals surface area contributed by atoms with Crippen LogP contribution in [0.25, 0.3) is 22.0 Å². The lowest BCUT2D eigenvalue weighted by Gasteiger charge is -2.46. The lowest BCUT2D eigenvalue weighted by molar-refractivity contribution is 0.201. The standard InChI is InChI=1S/C25H27ClN6O4S/c26-20-1-2-23-18(11-20)12-24(30-23)37(35,36)31-15-21(5-9-33)32(22(16-31)6-10-34)25-28-13-19(14-29-25)17-3-7-27-8-4-17/h1-4,7-8,11-14,21-22,30,33-34H,5-6,9-10,15-16H2. The summed E-state index contributed by atoms with van der Waals surface area (Å²) in [4.78, 5) is 18.1. The summed E-state index contributed by atoms with van der Waals surface area (Å²) in [6.45, 7) is -0.00537. The normalized spacial score (nSPS) is 18.9. The molecule has 0 aliphatic carbocycles. The highest BCUT2D eigenvalue weighted by Gasteiger charge is 2.41. The molecule has 12 heteroatoms.